The molecule has 66 heavy (non-hydrogen) atoms. The van der Waals surface area contributed by atoms with E-state index in [2.05, 4.69) is 170 Å². The Morgan fingerprint density at radius 1 is 0.242 bits per heavy atom. The minimum Gasteiger partial charge on any atom is -0.228 e. The summed E-state index contributed by atoms with van der Waals surface area (Å²) in [7, 11) is 0. The minimum absolute atomic E-state index is 0.0480. The zero-order valence-corrected chi connectivity index (χ0v) is 35.8. The first kappa shape index (κ1) is 37.8. The van der Waals surface area contributed by atoms with Crippen LogP contribution in [-0.4, -0.2) is 24.9 Å². The molecule has 308 valence electrons. The predicted octanol–water partition coefficient (Wildman–Crippen LogP) is 14.5. The SMILES string of the molecule is c1ccc(-c2nc(-c3cccc(-c4cccc5ccccc45)c3)cc(-c3ccc4c(c3)C3c5ccccc5C4c4cc(-c5nc(-c6ccccc6)nc(-c6ccccc6)n5)ccc43)n2)cc1. The van der Waals surface area contributed by atoms with Gasteiger partial charge < -0.3 is 0 Å². The molecule has 2 unspecified atom stereocenters. The van der Waals surface area contributed by atoms with Gasteiger partial charge >= 0.3 is 0 Å². The quantitative estimate of drug-likeness (QED) is 0.160. The Labute approximate surface area is 382 Å². The van der Waals surface area contributed by atoms with E-state index in [0.29, 0.717) is 23.3 Å². The molecule has 0 aliphatic heterocycles. The monoisotopic (exact) mass is 841 g/mol. The largest absolute Gasteiger partial charge is 0.228 e. The van der Waals surface area contributed by atoms with Crippen LogP contribution in [0.3, 0.4) is 0 Å². The molecule has 0 fully saturated rings. The average Bonchev–Trinajstić information content (AvgIpc) is 3.40. The number of nitrogens with zero attached hydrogens (tertiary/aromatic N) is 5. The van der Waals surface area contributed by atoms with Crippen LogP contribution >= 0.6 is 0 Å². The van der Waals surface area contributed by atoms with Crippen molar-refractivity contribution < 1.29 is 0 Å². The highest BCUT2D eigenvalue weighted by Crippen LogP contribution is 2.56. The first-order valence-electron chi connectivity index (χ1n) is 22.5. The molecule has 3 aliphatic carbocycles. The normalized spacial score (nSPS) is 14.4. The van der Waals surface area contributed by atoms with Crippen molar-refractivity contribution in [1.29, 1.82) is 0 Å². The maximum atomic E-state index is 5.29. The van der Waals surface area contributed by atoms with Gasteiger partial charge in [-0.1, -0.05) is 200 Å². The topological polar surface area (TPSA) is 64.5 Å². The summed E-state index contributed by atoms with van der Waals surface area (Å²) < 4.78 is 0. The molecule has 0 spiro atoms. The number of benzene rings is 9. The van der Waals surface area contributed by atoms with Crippen molar-refractivity contribution in [3.8, 4) is 79.2 Å². The second-order valence-corrected chi connectivity index (χ2v) is 17.2. The highest BCUT2D eigenvalue weighted by Gasteiger charge is 2.41. The van der Waals surface area contributed by atoms with Crippen LogP contribution < -0.4 is 0 Å². The third-order valence-corrected chi connectivity index (χ3v) is 13.3. The molecular formula is C61H39N5. The Morgan fingerprint density at radius 3 is 1.26 bits per heavy atom. The molecule has 5 nitrogen and oxygen atoms in total. The van der Waals surface area contributed by atoms with Gasteiger partial charge in [0.2, 0.25) is 0 Å². The molecule has 2 aromatic heterocycles. The van der Waals surface area contributed by atoms with Crippen LogP contribution in [0.4, 0.5) is 0 Å². The molecule has 0 saturated carbocycles. The number of hydrogen-bond donors (Lipinski definition) is 0. The van der Waals surface area contributed by atoms with Crippen molar-refractivity contribution in [2.24, 2.45) is 0 Å². The molecule has 0 saturated heterocycles. The molecule has 0 radical (unpaired) electrons. The van der Waals surface area contributed by atoms with Crippen LogP contribution in [0, 0.1) is 0 Å². The molecule has 2 atom stereocenters. The van der Waals surface area contributed by atoms with E-state index in [1.54, 1.807) is 0 Å². The Balaban J connectivity index is 0.928. The van der Waals surface area contributed by atoms with Gasteiger partial charge in [-0.05, 0) is 79.5 Å². The van der Waals surface area contributed by atoms with Crippen LogP contribution in [0.15, 0.2) is 224 Å². The number of aromatic nitrogens is 5. The first-order chi connectivity index (χ1) is 32.7. The lowest BCUT2D eigenvalue weighted by molar-refractivity contribution is 0.754. The molecule has 11 aromatic rings. The third kappa shape index (κ3) is 6.43. The smallest absolute Gasteiger partial charge is 0.164 e. The lowest BCUT2D eigenvalue weighted by Gasteiger charge is -2.42. The summed E-state index contributed by atoms with van der Waals surface area (Å²) in [5.41, 5.74) is 18.0. The van der Waals surface area contributed by atoms with Crippen molar-refractivity contribution in [3.63, 3.8) is 0 Å². The van der Waals surface area contributed by atoms with E-state index in [-0.39, 0.29) is 11.8 Å². The lowest BCUT2D eigenvalue weighted by Crippen LogP contribution is -2.27. The summed E-state index contributed by atoms with van der Waals surface area (Å²) in [5.74, 6) is 2.77. The Hall–Kier alpha value is -8.67. The number of rotatable bonds is 7. The molecule has 14 rings (SSSR count). The van der Waals surface area contributed by atoms with E-state index in [0.717, 1.165) is 50.3 Å². The van der Waals surface area contributed by atoms with Gasteiger partial charge in [-0.25, -0.2) is 24.9 Å². The molecule has 3 aliphatic rings. The molecule has 0 amide bonds. The minimum atomic E-state index is 0.0480. The summed E-state index contributed by atoms with van der Waals surface area (Å²) in [6, 6.07) is 79.4. The second-order valence-electron chi connectivity index (χ2n) is 17.2. The molecule has 2 heterocycles. The van der Waals surface area contributed by atoms with E-state index < -0.39 is 0 Å². The maximum Gasteiger partial charge on any atom is 0.164 e. The summed E-state index contributed by atoms with van der Waals surface area (Å²) in [4.78, 5) is 25.7. The van der Waals surface area contributed by atoms with Gasteiger partial charge in [0.15, 0.2) is 23.3 Å². The van der Waals surface area contributed by atoms with E-state index in [4.69, 9.17) is 24.9 Å². The standard InChI is InChI=1S/C61H39N5/c1-4-17-39(18-5-1)58-62-54(43-25-14-24-42(34-43)47-29-15-23-38-16-10-11-26-46(38)47)37-55(63-58)44-30-32-50-52(35-44)56-48-27-12-13-28-49(48)57(50)53-36-45(31-33-51(53)56)61-65-59(40-19-6-2-7-20-40)64-60(66-61)41-21-8-3-9-22-41/h1-37,56-57H. The van der Waals surface area contributed by atoms with Gasteiger partial charge in [-0.2, -0.15) is 0 Å². The van der Waals surface area contributed by atoms with E-state index >= 15 is 0 Å². The van der Waals surface area contributed by atoms with Gasteiger partial charge in [0.05, 0.1) is 11.4 Å². The lowest BCUT2D eigenvalue weighted by atomic mass is 9.60. The second kappa shape index (κ2) is 15.5. The molecule has 0 N–H and O–H groups in total. The molecule has 9 aromatic carbocycles. The molecular weight excluding hydrogens is 803 g/mol. The number of fused-ring (bicyclic) bond motifs is 1. The highest BCUT2D eigenvalue weighted by atomic mass is 15.0. The predicted molar refractivity (Wildman–Crippen MR) is 266 cm³/mol. The highest BCUT2D eigenvalue weighted by molar-refractivity contribution is 5.97. The summed E-state index contributed by atoms with van der Waals surface area (Å²) >= 11 is 0. The summed E-state index contributed by atoms with van der Waals surface area (Å²) in [6.07, 6.45) is 0. The van der Waals surface area contributed by atoms with E-state index in [1.165, 1.54) is 49.7 Å². The van der Waals surface area contributed by atoms with Crippen molar-refractivity contribution in [2.45, 2.75) is 11.8 Å². The summed E-state index contributed by atoms with van der Waals surface area (Å²) in [5, 5.41) is 2.45. The molecule has 5 heteroatoms. The van der Waals surface area contributed by atoms with Gasteiger partial charge in [0.25, 0.3) is 0 Å². The third-order valence-electron chi connectivity index (χ3n) is 13.3. The molecule has 2 bridgehead atoms. The van der Waals surface area contributed by atoms with Crippen molar-refractivity contribution in [1.82, 2.24) is 24.9 Å². The fourth-order valence-electron chi connectivity index (χ4n) is 10.2. The van der Waals surface area contributed by atoms with E-state index in [9.17, 15) is 0 Å². The van der Waals surface area contributed by atoms with Crippen molar-refractivity contribution in [2.75, 3.05) is 0 Å². The van der Waals surface area contributed by atoms with Gasteiger partial charge in [0, 0.05) is 45.2 Å². The van der Waals surface area contributed by atoms with Crippen LogP contribution in [0.2, 0.25) is 0 Å². The first-order valence-corrected chi connectivity index (χ1v) is 22.5. The number of hydrogen-bond acceptors (Lipinski definition) is 5. The maximum absolute atomic E-state index is 5.29. The van der Waals surface area contributed by atoms with Gasteiger partial charge in [0.1, 0.15) is 0 Å². The van der Waals surface area contributed by atoms with E-state index in [1.807, 2.05) is 54.6 Å². The van der Waals surface area contributed by atoms with Crippen LogP contribution in [0.25, 0.3) is 90.0 Å². The zero-order valence-electron chi connectivity index (χ0n) is 35.8. The van der Waals surface area contributed by atoms with Gasteiger partial charge in [-0.15, -0.1) is 0 Å². The van der Waals surface area contributed by atoms with Crippen LogP contribution in [0.5, 0.6) is 0 Å². The van der Waals surface area contributed by atoms with Gasteiger partial charge in [-0.3, -0.25) is 0 Å². The van der Waals surface area contributed by atoms with Crippen LogP contribution in [0.1, 0.15) is 45.2 Å². The fraction of sp³-hybridized carbons (Fsp3) is 0.0328. The zero-order chi connectivity index (χ0) is 43.6. The Kier molecular flexibility index (Phi) is 8.91. The Bertz CT molecular complexity index is 3600. The fourth-order valence-corrected chi connectivity index (χ4v) is 10.2. The van der Waals surface area contributed by atoms with Crippen molar-refractivity contribution in [3.05, 3.63) is 258 Å². The average molecular weight is 842 g/mol. The summed E-state index contributed by atoms with van der Waals surface area (Å²) in [6.45, 7) is 0. The van der Waals surface area contributed by atoms with Crippen molar-refractivity contribution >= 4 is 10.8 Å². The van der Waals surface area contributed by atoms with Crippen LogP contribution in [-0.2, 0) is 0 Å². The Morgan fingerprint density at radius 2 is 0.652 bits per heavy atom.